The fourth-order valence-corrected chi connectivity index (χ4v) is 7.31. The summed E-state index contributed by atoms with van der Waals surface area (Å²) < 4.78 is 12.5. The van der Waals surface area contributed by atoms with Crippen molar-refractivity contribution in [2.45, 2.75) is 0 Å². The predicted molar refractivity (Wildman–Crippen MR) is 218 cm³/mol. The van der Waals surface area contributed by atoms with Crippen LogP contribution in [0.15, 0.2) is 203 Å². The van der Waals surface area contributed by atoms with Crippen LogP contribution < -0.4 is 4.90 Å². The van der Waals surface area contributed by atoms with Gasteiger partial charge in [0.2, 0.25) is 5.89 Å². The molecule has 0 saturated carbocycles. The Labute approximate surface area is 306 Å². The molecule has 10 aromatic rings. The Hall–Kier alpha value is -7.17. The van der Waals surface area contributed by atoms with Gasteiger partial charge in [-0.05, 0) is 112 Å². The zero-order chi connectivity index (χ0) is 35.1. The highest BCUT2D eigenvalue weighted by Gasteiger charge is 2.17. The summed E-state index contributed by atoms with van der Waals surface area (Å²) >= 11 is 0. The zero-order valence-electron chi connectivity index (χ0n) is 28.7. The first kappa shape index (κ1) is 30.6. The van der Waals surface area contributed by atoms with Crippen LogP contribution in [0.3, 0.4) is 0 Å². The maximum absolute atomic E-state index is 6.40. The average Bonchev–Trinajstić information content (AvgIpc) is 3.84. The normalized spacial score (nSPS) is 11.4. The lowest BCUT2D eigenvalue weighted by Gasteiger charge is -2.26. The molecule has 0 N–H and O–H groups in total. The van der Waals surface area contributed by atoms with Crippen molar-refractivity contribution < 1.29 is 8.83 Å². The molecule has 250 valence electrons. The number of hydrogen-bond donors (Lipinski definition) is 0. The summed E-state index contributed by atoms with van der Waals surface area (Å²) in [6, 6.07) is 67.6. The highest BCUT2D eigenvalue weighted by Crippen LogP contribution is 2.41. The van der Waals surface area contributed by atoms with Gasteiger partial charge in [-0.15, -0.1) is 0 Å². The van der Waals surface area contributed by atoms with E-state index in [2.05, 4.69) is 150 Å². The summed E-state index contributed by atoms with van der Waals surface area (Å²) in [6.07, 6.45) is 0. The fraction of sp³-hybridized carbons (Fsp3) is 0. The molecule has 8 aromatic carbocycles. The van der Waals surface area contributed by atoms with E-state index in [-0.39, 0.29) is 0 Å². The first-order valence-corrected chi connectivity index (χ1v) is 17.8. The zero-order valence-corrected chi connectivity index (χ0v) is 28.7. The third-order valence-electron chi connectivity index (χ3n) is 9.92. The molecule has 4 heteroatoms. The number of nitrogens with zero attached hydrogens (tertiary/aromatic N) is 2. The van der Waals surface area contributed by atoms with Crippen LogP contribution in [0.4, 0.5) is 17.1 Å². The maximum Gasteiger partial charge on any atom is 0.227 e. The fourth-order valence-electron chi connectivity index (χ4n) is 7.31. The van der Waals surface area contributed by atoms with Crippen molar-refractivity contribution in [2.75, 3.05) is 4.90 Å². The molecule has 0 aliphatic rings. The lowest BCUT2D eigenvalue weighted by molar-refractivity contribution is 0.620. The van der Waals surface area contributed by atoms with E-state index >= 15 is 0 Å². The number of aromatic nitrogens is 1. The van der Waals surface area contributed by atoms with E-state index < -0.39 is 0 Å². The van der Waals surface area contributed by atoms with Gasteiger partial charge in [0.05, 0.1) is 0 Å². The van der Waals surface area contributed by atoms with Crippen molar-refractivity contribution in [1.29, 1.82) is 0 Å². The standard InChI is InChI=1S/C49H32N2O2/c1-4-11-33(12-5-1)34-19-25-40(26-20-34)51(39-15-8-3-9-16-39)41-27-21-35(22-28-41)37-23-29-45-43(31-37)48-42(17-10-18-47(48)52-45)38-24-30-46-44(32-38)50-49(53-46)36-13-6-2-7-14-36/h1-32H. The van der Waals surface area contributed by atoms with E-state index in [1.807, 2.05) is 48.5 Å². The highest BCUT2D eigenvalue weighted by molar-refractivity contribution is 6.13. The number of rotatable bonds is 7. The third kappa shape index (κ3) is 5.63. The van der Waals surface area contributed by atoms with E-state index in [1.165, 1.54) is 11.1 Å². The van der Waals surface area contributed by atoms with Crippen molar-refractivity contribution in [3.63, 3.8) is 0 Å². The monoisotopic (exact) mass is 680 g/mol. The van der Waals surface area contributed by atoms with Crippen LogP contribution in [0.5, 0.6) is 0 Å². The molecule has 4 nitrogen and oxygen atoms in total. The molecule has 0 saturated heterocycles. The molecular weight excluding hydrogens is 649 g/mol. The number of anilines is 3. The van der Waals surface area contributed by atoms with E-state index in [0.717, 1.165) is 77.9 Å². The summed E-state index contributed by atoms with van der Waals surface area (Å²) in [5, 5.41) is 2.16. The molecule has 0 spiro atoms. The van der Waals surface area contributed by atoms with E-state index in [9.17, 15) is 0 Å². The van der Waals surface area contributed by atoms with Crippen LogP contribution in [-0.4, -0.2) is 4.98 Å². The smallest absolute Gasteiger partial charge is 0.227 e. The number of furan rings is 1. The largest absolute Gasteiger partial charge is 0.456 e. The summed E-state index contributed by atoms with van der Waals surface area (Å²) in [7, 11) is 0. The lowest BCUT2D eigenvalue weighted by Crippen LogP contribution is -2.09. The number of fused-ring (bicyclic) bond motifs is 4. The average molecular weight is 681 g/mol. The molecule has 53 heavy (non-hydrogen) atoms. The second kappa shape index (κ2) is 12.9. The van der Waals surface area contributed by atoms with Crippen LogP contribution in [0, 0.1) is 0 Å². The summed E-state index contributed by atoms with van der Waals surface area (Å²) in [5.74, 6) is 0.619. The van der Waals surface area contributed by atoms with Gasteiger partial charge in [-0.1, -0.05) is 115 Å². The first-order chi connectivity index (χ1) is 26.2. The van der Waals surface area contributed by atoms with Crippen molar-refractivity contribution in [1.82, 2.24) is 4.98 Å². The molecule has 0 fully saturated rings. The van der Waals surface area contributed by atoms with E-state index in [4.69, 9.17) is 13.8 Å². The predicted octanol–water partition coefficient (Wildman–Crippen LogP) is 13.9. The summed E-state index contributed by atoms with van der Waals surface area (Å²) in [4.78, 5) is 7.13. The van der Waals surface area contributed by atoms with Crippen molar-refractivity contribution in [2.24, 2.45) is 0 Å². The Morgan fingerprint density at radius 1 is 0.358 bits per heavy atom. The molecule has 0 amide bonds. The maximum atomic E-state index is 6.40. The Bertz CT molecular complexity index is 2860. The second-order valence-electron chi connectivity index (χ2n) is 13.2. The molecule has 10 rings (SSSR count). The molecule has 2 heterocycles. The van der Waals surface area contributed by atoms with Crippen LogP contribution in [0.1, 0.15) is 0 Å². The third-order valence-corrected chi connectivity index (χ3v) is 9.92. The highest BCUT2D eigenvalue weighted by atomic mass is 16.3. The molecular formula is C49H32N2O2. The van der Waals surface area contributed by atoms with E-state index in [1.54, 1.807) is 0 Å². The van der Waals surface area contributed by atoms with Gasteiger partial charge in [0, 0.05) is 33.4 Å². The topological polar surface area (TPSA) is 42.4 Å². The summed E-state index contributed by atoms with van der Waals surface area (Å²) in [6.45, 7) is 0. The molecule has 0 radical (unpaired) electrons. The minimum Gasteiger partial charge on any atom is -0.456 e. The van der Waals surface area contributed by atoms with Gasteiger partial charge in [0.25, 0.3) is 0 Å². The van der Waals surface area contributed by atoms with Gasteiger partial charge in [-0.2, -0.15) is 0 Å². The lowest BCUT2D eigenvalue weighted by atomic mass is 9.97. The van der Waals surface area contributed by atoms with Crippen LogP contribution in [0.25, 0.3) is 77.9 Å². The van der Waals surface area contributed by atoms with Crippen molar-refractivity contribution >= 4 is 50.1 Å². The van der Waals surface area contributed by atoms with E-state index in [0.29, 0.717) is 5.89 Å². The summed E-state index contributed by atoms with van der Waals surface area (Å²) in [5.41, 5.74) is 14.4. The Morgan fingerprint density at radius 2 is 0.906 bits per heavy atom. The van der Waals surface area contributed by atoms with Crippen molar-refractivity contribution in [3.8, 4) is 44.8 Å². The number of para-hydroxylation sites is 1. The van der Waals surface area contributed by atoms with Gasteiger partial charge < -0.3 is 13.7 Å². The van der Waals surface area contributed by atoms with Crippen LogP contribution in [-0.2, 0) is 0 Å². The Kier molecular flexibility index (Phi) is 7.43. The molecule has 0 aliphatic heterocycles. The number of benzene rings is 8. The van der Waals surface area contributed by atoms with Gasteiger partial charge in [0.15, 0.2) is 5.58 Å². The minimum atomic E-state index is 0.619. The molecule has 0 aliphatic carbocycles. The van der Waals surface area contributed by atoms with Gasteiger partial charge in [0.1, 0.15) is 16.7 Å². The number of hydrogen-bond acceptors (Lipinski definition) is 4. The molecule has 0 atom stereocenters. The molecule has 2 aromatic heterocycles. The Morgan fingerprint density at radius 3 is 1.60 bits per heavy atom. The van der Waals surface area contributed by atoms with Gasteiger partial charge in [-0.25, -0.2) is 4.98 Å². The van der Waals surface area contributed by atoms with Crippen molar-refractivity contribution in [3.05, 3.63) is 194 Å². The van der Waals surface area contributed by atoms with Gasteiger partial charge >= 0.3 is 0 Å². The number of oxazole rings is 1. The first-order valence-electron chi connectivity index (χ1n) is 17.8. The van der Waals surface area contributed by atoms with Gasteiger partial charge in [-0.3, -0.25) is 0 Å². The Balaban J connectivity index is 1.01. The van der Waals surface area contributed by atoms with Crippen LogP contribution in [0.2, 0.25) is 0 Å². The minimum absolute atomic E-state index is 0.619. The molecule has 0 unspecified atom stereocenters. The SMILES string of the molecule is c1ccc(-c2ccc(N(c3ccccc3)c3ccc(-c4ccc5oc6cccc(-c7ccc8oc(-c9ccccc9)nc8c7)c6c5c4)cc3)cc2)cc1. The second-order valence-corrected chi connectivity index (χ2v) is 13.2. The molecule has 0 bridgehead atoms. The quantitative estimate of drug-likeness (QED) is 0.168. The van der Waals surface area contributed by atoms with Crippen LogP contribution >= 0.6 is 0 Å².